The van der Waals surface area contributed by atoms with Crippen LogP contribution in [0, 0.1) is 0 Å². The molecule has 25 heavy (non-hydrogen) atoms. The van der Waals surface area contributed by atoms with Crippen LogP contribution in [0.2, 0.25) is 0 Å². The summed E-state index contributed by atoms with van der Waals surface area (Å²) >= 11 is 0. The minimum atomic E-state index is -0.424. The number of amides is 1. The van der Waals surface area contributed by atoms with Gasteiger partial charge in [0.1, 0.15) is 0 Å². The largest absolute Gasteiger partial charge is 0.504 e. The Labute approximate surface area is 145 Å². The molecule has 132 valence electrons. The summed E-state index contributed by atoms with van der Waals surface area (Å²) in [4.78, 5) is 12.1. The van der Waals surface area contributed by atoms with Crippen LogP contribution in [0.5, 0.6) is 23.0 Å². The maximum Gasteiger partial charge on any atom is 0.271 e. The van der Waals surface area contributed by atoms with Crippen LogP contribution in [0.4, 0.5) is 0 Å². The number of benzene rings is 2. The van der Waals surface area contributed by atoms with E-state index in [0.29, 0.717) is 23.7 Å². The fraction of sp³-hybridized carbons (Fsp3) is 0.222. The van der Waals surface area contributed by atoms with Crippen LogP contribution >= 0.6 is 0 Å². The average Bonchev–Trinajstić information content (AvgIpc) is 2.63. The molecule has 0 radical (unpaired) electrons. The average molecular weight is 344 g/mol. The van der Waals surface area contributed by atoms with Crippen LogP contribution in [0.3, 0.4) is 0 Å². The number of nitrogens with zero attached hydrogens (tertiary/aromatic N) is 1. The quantitative estimate of drug-likeness (QED) is 0.595. The molecule has 2 rings (SSSR count). The van der Waals surface area contributed by atoms with Gasteiger partial charge in [-0.2, -0.15) is 5.10 Å². The third kappa shape index (κ3) is 4.63. The van der Waals surface area contributed by atoms with Gasteiger partial charge in [-0.1, -0.05) is 0 Å². The molecule has 0 saturated heterocycles. The fourth-order valence-corrected chi connectivity index (χ4v) is 2.09. The number of hydrazone groups is 1. The Morgan fingerprint density at radius 2 is 1.88 bits per heavy atom. The van der Waals surface area contributed by atoms with Crippen molar-refractivity contribution in [3.8, 4) is 23.0 Å². The van der Waals surface area contributed by atoms with Gasteiger partial charge in [-0.15, -0.1) is 0 Å². The standard InChI is InChI=1S/C18H20N2O5/c1-4-25-15-8-5-12(9-17(15)24-3)11-19-20-18(22)13-6-7-14(21)16(10-13)23-2/h5-11,21H,4H2,1-3H3,(H,20,22)/b19-11-. The minimum Gasteiger partial charge on any atom is -0.504 e. The summed E-state index contributed by atoms with van der Waals surface area (Å²) < 4.78 is 15.7. The Balaban J connectivity index is 2.06. The Morgan fingerprint density at radius 3 is 2.56 bits per heavy atom. The van der Waals surface area contributed by atoms with E-state index in [0.717, 1.165) is 5.56 Å². The highest BCUT2D eigenvalue weighted by atomic mass is 16.5. The van der Waals surface area contributed by atoms with Crippen molar-refractivity contribution in [3.63, 3.8) is 0 Å². The molecule has 2 N–H and O–H groups in total. The summed E-state index contributed by atoms with van der Waals surface area (Å²) in [5.74, 6) is 0.979. The first-order chi connectivity index (χ1) is 12.1. The zero-order valence-corrected chi connectivity index (χ0v) is 14.3. The zero-order chi connectivity index (χ0) is 18.2. The second-order valence-corrected chi connectivity index (χ2v) is 4.93. The Kier molecular flexibility index (Phi) is 6.22. The summed E-state index contributed by atoms with van der Waals surface area (Å²) in [6, 6.07) is 9.62. The number of aromatic hydroxyl groups is 1. The number of nitrogens with one attached hydrogen (secondary N) is 1. The highest BCUT2D eigenvalue weighted by molar-refractivity contribution is 5.95. The maximum atomic E-state index is 12.1. The van der Waals surface area contributed by atoms with Crippen molar-refractivity contribution in [2.75, 3.05) is 20.8 Å². The second kappa shape index (κ2) is 8.58. The molecule has 0 aromatic heterocycles. The normalized spacial score (nSPS) is 10.5. The molecule has 0 fully saturated rings. The molecule has 2 aromatic rings. The fourth-order valence-electron chi connectivity index (χ4n) is 2.09. The van der Waals surface area contributed by atoms with E-state index in [1.54, 1.807) is 25.3 Å². The van der Waals surface area contributed by atoms with E-state index >= 15 is 0 Å². The van der Waals surface area contributed by atoms with Gasteiger partial charge in [0.25, 0.3) is 5.91 Å². The molecule has 0 saturated carbocycles. The smallest absolute Gasteiger partial charge is 0.271 e. The Hall–Kier alpha value is -3.22. The minimum absolute atomic E-state index is 0.0379. The second-order valence-electron chi connectivity index (χ2n) is 4.93. The van der Waals surface area contributed by atoms with E-state index < -0.39 is 5.91 Å². The maximum absolute atomic E-state index is 12.1. The van der Waals surface area contributed by atoms with Crippen molar-refractivity contribution in [1.29, 1.82) is 0 Å². The third-order valence-corrected chi connectivity index (χ3v) is 3.31. The van der Waals surface area contributed by atoms with E-state index in [4.69, 9.17) is 14.2 Å². The van der Waals surface area contributed by atoms with Crippen molar-refractivity contribution in [2.45, 2.75) is 6.92 Å². The molecular weight excluding hydrogens is 324 g/mol. The molecule has 2 aromatic carbocycles. The molecule has 0 heterocycles. The van der Waals surface area contributed by atoms with Crippen molar-refractivity contribution in [1.82, 2.24) is 5.43 Å². The molecule has 0 bridgehead atoms. The predicted octanol–water partition coefficient (Wildman–Crippen LogP) is 2.57. The number of carbonyl (C=O) groups excluding carboxylic acids is 1. The van der Waals surface area contributed by atoms with Gasteiger partial charge in [0, 0.05) is 5.56 Å². The molecule has 1 amide bonds. The summed E-state index contributed by atoms with van der Waals surface area (Å²) in [6.45, 7) is 2.43. The van der Waals surface area contributed by atoms with E-state index in [1.165, 1.54) is 31.5 Å². The molecule has 0 aliphatic heterocycles. The number of carbonyl (C=O) groups is 1. The van der Waals surface area contributed by atoms with Gasteiger partial charge in [-0.25, -0.2) is 5.43 Å². The Bertz CT molecular complexity index is 774. The molecule has 7 nitrogen and oxygen atoms in total. The van der Waals surface area contributed by atoms with E-state index in [1.807, 2.05) is 6.92 Å². The number of ether oxygens (including phenoxy) is 3. The van der Waals surface area contributed by atoms with Gasteiger partial charge >= 0.3 is 0 Å². The third-order valence-electron chi connectivity index (χ3n) is 3.31. The van der Waals surface area contributed by atoms with Crippen LogP contribution in [0.25, 0.3) is 0 Å². The Morgan fingerprint density at radius 1 is 1.12 bits per heavy atom. The van der Waals surface area contributed by atoms with Crippen molar-refractivity contribution in [3.05, 3.63) is 47.5 Å². The molecule has 0 atom stereocenters. The van der Waals surface area contributed by atoms with Crippen LogP contribution in [0.15, 0.2) is 41.5 Å². The van der Waals surface area contributed by atoms with E-state index in [-0.39, 0.29) is 11.5 Å². The zero-order valence-electron chi connectivity index (χ0n) is 14.3. The molecule has 0 unspecified atom stereocenters. The summed E-state index contributed by atoms with van der Waals surface area (Å²) in [7, 11) is 2.97. The monoisotopic (exact) mass is 344 g/mol. The summed E-state index contributed by atoms with van der Waals surface area (Å²) in [5.41, 5.74) is 3.47. The van der Waals surface area contributed by atoms with Crippen molar-refractivity contribution in [2.24, 2.45) is 5.10 Å². The number of phenolic OH excluding ortho intramolecular Hbond substituents is 1. The first-order valence-corrected chi connectivity index (χ1v) is 7.60. The van der Waals surface area contributed by atoms with Gasteiger partial charge in [0.2, 0.25) is 0 Å². The SMILES string of the molecule is CCOc1ccc(/C=N\NC(=O)c2ccc(O)c(OC)c2)cc1OC. The first-order valence-electron chi connectivity index (χ1n) is 7.60. The van der Waals surface area contributed by atoms with Gasteiger partial charge in [0.15, 0.2) is 23.0 Å². The topological polar surface area (TPSA) is 89.4 Å². The van der Waals surface area contributed by atoms with Crippen molar-refractivity contribution >= 4 is 12.1 Å². The summed E-state index contributed by atoms with van der Waals surface area (Å²) in [6.07, 6.45) is 1.49. The lowest BCUT2D eigenvalue weighted by atomic mass is 10.2. The van der Waals surface area contributed by atoms with E-state index in [9.17, 15) is 9.90 Å². The lowest BCUT2D eigenvalue weighted by Gasteiger charge is -2.09. The van der Waals surface area contributed by atoms with Crippen molar-refractivity contribution < 1.29 is 24.1 Å². The number of methoxy groups -OCH3 is 2. The van der Waals surface area contributed by atoms with Gasteiger partial charge in [0.05, 0.1) is 27.0 Å². The number of phenols is 1. The van der Waals surface area contributed by atoms with Crippen LogP contribution < -0.4 is 19.6 Å². The highest BCUT2D eigenvalue weighted by Crippen LogP contribution is 2.27. The van der Waals surface area contributed by atoms with Crippen LogP contribution in [0.1, 0.15) is 22.8 Å². The number of rotatable bonds is 7. The van der Waals surface area contributed by atoms with Crippen LogP contribution in [-0.2, 0) is 0 Å². The molecule has 0 aliphatic carbocycles. The predicted molar refractivity (Wildman–Crippen MR) is 93.9 cm³/mol. The number of hydrogen-bond donors (Lipinski definition) is 2. The molecule has 0 aliphatic rings. The summed E-state index contributed by atoms with van der Waals surface area (Å²) in [5, 5.41) is 13.5. The van der Waals surface area contributed by atoms with Crippen LogP contribution in [-0.4, -0.2) is 38.1 Å². The molecular formula is C18H20N2O5. The molecule has 7 heteroatoms. The van der Waals surface area contributed by atoms with Gasteiger partial charge < -0.3 is 19.3 Å². The number of hydrogen-bond acceptors (Lipinski definition) is 6. The lowest BCUT2D eigenvalue weighted by molar-refractivity contribution is 0.0954. The lowest BCUT2D eigenvalue weighted by Crippen LogP contribution is -2.17. The van der Waals surface area contributed by atoms with Gasteiger partial charge in [-0.05, 0) is 48.9 Å². The van der Waals surface area contributed by atoms with Gasteiger partial charge in [-0.3, -0.25) is 4.79 Å². The first kappa shape index (κ1) is 18.1. The van der Waals surface area contributed by atoms with E-state index in [2.05, 4.69) is 10.5 Å². The highest BCUT2D eigenvalue weighted by Gasteiger charge is 2.09. The molecule has 0 spiro atoms.